The molecule has 1 aromatic carbocycles. The van der Waals surface area contributed by atoms with Crippen LogP contribution in [0.5, 0.6) is 5.75 Å². The van der Waals surface area contributed by atoms with Crippen molar-refractivity contribution >= 4 is 10.0 Å². The number of nitrogens with one attached hydrogen (secondary N) is 1. The van der Waals surface area contributed by atoms with Gasteiger partial charge in [-0.2, -0.15) is 4.31 Å². The van der Waals surface area contributed by atoms with Gasteiger partial charge in [-0.05, 0) is 18.1 Å². The molecule has 2 aromatic rings. The molecule has 1 aromatic heterocycles. The molecule has 1 N–H and O–H groups in total. The van der Waals surface area contributed by atoms with Gasteiger partial charge in [-0.25, -0.2) is 13.4 Å². The van der Waals surface area contributed by atoms with E-state index in [4.69, 9.17) is 4.74 Å². The fourth-order valence-corrected chi connectivity index (χ4v) is 4.51. The van der Waals surface area contributed by atoms with Crippen LogP contribution in [-0.4, -0.2) is 42.9 Å². The molecular weight excluding hydrogens is 326 g/mol. The van der Waals surface area contributed by atoms with E-state index in [1.54, 1.807) is 7.11 Å². The number of para-hydroxylation sites is 1. The first-order chi connectivity index (χ1) is 11.4. The molecule has 1 atom stereocenters. The number of aromatic nitrogens is 2. The van der Waals surface area contributed by atoms with Crippen molar-refractivity contribution in [2.75, 3.05) is 20.2 Å². The van der Waals surface area contributed by atoms with Crippen LogP contribution in [0.4, 0.5) is 0 Å². The molecule has 24 heavy (non-hydrogen) atoms. The maximum Gasteiger partial charge on any atom is 0.260 e. The quantitative estimate of drug-likeness (QED) is 0.900. The Morgan fingerprint density at radius 1 is 1.33 bits per heavy atom. The van der Waals surface area contributed by atoms with E-state index >= 15 is 0 Å². The zero-order valence-electron chi connectivity index (χ0n) is 14.2. The summed E-state index contributed by atoms with van der Waals surface area (Å²) in [5.41, 5.74) is 1.06. The van der Waals surface area contributed by atoms with Gasteiger partial charge in [0.05, 0.1) is 13.3 Å². The van der Waals surface area contributed by atoms with Crippen molar-refractivity contribution in [3.8, 4) is 5.75 Å². The third-order valence-corrected chi connectivity index (χ3v) is 6.24. The monoisotopic (exact) mass is 349 g/mol. The SMILES string of the molecule is COc1ccccc1[C@@H]1CCN(S(=O)(=O)c2cnc(C(C)C)[nH]2)C1. The van der Waals surface area contributed by atoms with Crippen LogP contribution in [0.25, 0.3) is 0 Å². The summed E-state index contributed by atoms with van der Waals surface area (Å²) in [6.45, 7) is 4.91. The number of hydrogen-bond donors (Lipinski definition) is 1. The van der Waals surface area contributed by atoms with Crippen LogP contribution in [0.15, 0.2) is 35.5 Å². The minimum absolute atomic E-state index is 0.142. The molecule has 1 aliphatic rings. The highest BCUT2D eigenvalue weighted by Crippen LogP contribution is 2.35. The fourth-order valence-electron chi connectivity index (χ4n) is 3.09. The van der Waals surface area contributed by atoms with E-state index in [9.17, 15) is 8.42 Å². The Morgan fingerprint density at radius 2 is 2.08 bits per heavy atom. The zero-order valence-corrected chi connectivity index (χ0v) is 15.0. The molecule has 130 valence electrons. The lowest BCUT2D eigenvalue weighted by Crippen LogP contribution is -2.29. The lowest BCUT2D eigenvalue weighted by Gasteiger charge is -2.17. The topological polar surface area (TPSA) is 75.3 Å². The normalized spacial score (nSPS) is 19.1. The number of nitrogens with zero attached hydrogens (tertiary/aromatic N) is 2. The Balaban J connectivity index is 1.81. The molecule has 6 nitrogen and oxygen atoms in total. The first kappa shape index (κ1) is 17.0. The Hall–Kier alpha value is -1.86. The Bertz CT molecular complexity index is 814. The van der Waals surface area contributed by atoms with Crippen molar-refractivity contribution < 1.29 is 13.2 Å². The van der Waals surface area contributed by atoms with E-state index in [1.165, 1.54) is 10.5 Å². The summed E-state index contributed by atoms with van der Waals surface area (Å²) in [7, 11) is -1.90. The summed E-state index contributed by atoms with van der Waals surface area (Å²) in [6, 6.07) is 7.80. The largest absolute Gasteiger partial charge is 0.496 e. The van der Waals surface area contributed by atoms with Gasteiger partial charge in [0.2, 0.25) is 0 Å². The number of ether oxygens (including phenoxy) is 1. The van der Waals surface area contributed by atoms with Gasteiger partial charge in [-0.1, -0.05) is 32.0 Å². The highest BCUT2D eigenvalue weighted by Gasteiger charge is 2.35. The van der Waals surface area contributed by atoms with Crippen molar-refractivity contribution in [1.82, 2.24) is 14.3 Å². The molecular formula is C17H23N3O3S. The third-order valence-electron chi connectivity index (χ3n) is 4.47. The molecule has 0 spiro atoms. The molecule has 0 radical (unpaired) electrons. The second-order valence-corrected chi connectivity index (χ2v) is 8.28. The van der Waals surface area contributed by atoms with Crippen LogP contribution in [-0.2, 0) is 10.0 Å². The predicted octanol–water partition coefficient (Wildman–Crippen LogP) is 2.72. The summed E-state index contributed by atoms with van der Waals surface area (Å²) in [5, 5.41) is 0.173. The standard InChI is InChI=1S/C17H23N3O3S/c1-12(2)17-18-10-16(19-17)24(21,22)20-9-8-13(11-20)14-6-4-5-7-15(14)23-3/h4-7,10,12-13H,8-9,11H2,1-3H3,(H,18,19)/t13-/m1/s1. The molecule has 0 amide bonds. The maximum absolute atomic E-state index is 12.8. The molecule has 7 heteroatoms. The number of hydrogen-bond acceptors (Lipinski definition) is 4. The molecule has 1 saturated heterocycles. The number of methoxy groups -OCH3 is 1. The number of benzene rings is 1. The third kappa shape index (κ3) is 3.06. The molecule has 0 saturated carbocycles. The van der Waals surface area contributed by atoms with Crippen molar-refractivity contribution in [2.24, 2.45) is 0 Å². The van der Waals surface area contributed by atoms with Gasteiger partial charge in [0.1, 0.15) is 11.6 Å². The molecule has 2 heterocycles. The van der Waals surface area contributed by atoms with Crippen LogP contribution in [0.1, 0.15) is 43.5 Å². The minimum Gasteiger partial charge on any atom is -0.496 e. The first-order valence-corrected chi connectivity index (χ1v) is 9.55. The van der Waals surface area contributed by atoms with Crippen molar-refractivity contribution in [1.29, 1.82) is 0 Å². The summed E-state index contributed by atoms with van der Waals surface area (Å²) in [4.78, 5) is 7.12. The summed E-state index contributed by atoms with van der Waals surface area (Å²) in [6.07, 6.45) is 2.20. The average Bonchev–Trinajstić information content (AvgIpc) is 3.24. The number of imidazole rings is 1. The maximum atomic E-state index is 12.8. The number of aromatic amines is 1. The Labute approximate surface area is 142 Å². The van der Waals surface area contributed by atoms with E-state index < -0.39 is 10.0 Å². The van der Waals surface area contributed by atoms with Crippen molar-refractivity contribution in [2.45, 2.75) is 37.1 Å². The van der Waals surface area contributed by atoms with Crippen LogP contribution in [0.3, 0.4) is 0 Å². The van der Waals surface area contributed by atoms with Gasteiger partial charge in [0.25, 0.3) is 10.0 Å². The second-order valence-electron chi connectivity index (χ2n) is 6.38. The molecule has 3 rings (SSSR count). The highest BCUT2D eigenvalue weighted by molar-refractivity contribution is 7.89. The molecule has 1 aliphatic heterocycles. The van der Waals surface area contributed by atoms with Crippen molar-refractivity contribution in [3.05, 3.63) is 41.9 Å². The second kappa shape index (κ2) is 6.57. The smallest absolute Gasteiger partial charge is 0.260 e. The summed E-state index contributed by atoms with van der Waals surface area (Å²) < 4.78 is 32.6. The molecule has 0 bridgehead atoms. The van der Waals surface area contributed by atoms with Gasteiger partial charge in [-0.15, -0.1) is 0 Å². The lowest BCUT2D eigenvalue weighted by atomic mass is 9.97. The number of sulfonamides is 1. The van der Waals surface area contributed by atoms with Crippen molar-refractivity contribution in [3.63, 3.8) is 0 Å². The molecule has 0 aliphatic carbocycles. The Kier molecular flexibility index (Phi) is 4.64. The van der Waals surface area contributed by atoms with Gasteiger partial charge >= 0.3 is 0 Å². The lowest BCUT2D eigenvalue weighted by molar-refractivity contribution is 0.404. The average molecular weight is 349 g/mol. The van der Waals surface area contributed by atoms with E-state index in [-0.39, 0.29) is 16.9 Å². The van der Waals surface area contributed by atoms with Gasteiger partial charge in [-0.3, -0.25) is 0 Å². The summed E-state index contributed by atoms with van der Waals surface area (Å²) >= 11 is 0. The van der Waals surface area contributed by atoms with Crippen LogP contribution in [0.2, 0.25) is 0 Å². The Morgan fingerprint density at radius 3 is 2.75 bits per heavy atom. The minimum atomic E-state index is -3.54. The number of rotatable bonds is 5. The predicted molar refractivity (Wildman–Crippen MR) is 91.8 cm³/mol. The fraction of sp³-hybridized carbons (Fsp3) is 0.471. The van der Waals surface area contributed by atoms with E-state index in [0.717, 1.165) is 17.7 Å². The summed E-state index contributed by atoms with van der Waals surface area (Å²) in [5.74, 6) is 1.80. The van der Waals surface area contributed by atoms with E-state index in [2.05, 4.69) is 9.97 Å². The van der Waals surface area contributed by atoms with Crippen LogP contribution in [0, 0.1) is 0 Å². The van der Waals surface area contributed by atoms with Gasteiger partial charge < -0.3 is 9.72 Å². The molecule has 0 unspecified atom stereocenters. The first-order valence-electron chi connectivity index (χ1n) is 8.11. The van der Waals surface area contributed by atoms with Gasteiger partial charge in [0.15, 0.2) is 5.03 Å². The number of H-pyrrole nitrogens is 1. The van der Waals surface area contributed by atoms with E-state index in [0.29, 0.717) is 18.9 Å². The van der Waals surface area contributed by atoms with Gasteiger partial charge in [0, 0.05) is 24.9 Å². The van der Waals surface area contributed by atoms with Crippen LogP contribution < -0.4 is 4.74 Å². The van der Waals surface area contributed by atoms with E-state index in [1.807, 2.05) is 38.1 Å². The molecule has 1 fully saturated rings. The zero-order chi connectivity index (χ0) is 17.3. The van der Waals surface area contributed by atoms with Crippen LogP contribution >= 0.6 is 0 Å². The highest BCUT2D eigenvalue weighted by atomic mass is 32.2.